The second-order valence-corrected chi connectivity index (χ2v) is 6.74. The van der Waals surface area contributed by atoms with E-state index in [0.717, 1.165) is 22.5 Å². The summed E-state index contributed by atoms with van der Waals surface area (Å²) in [6.07, 6.45) is 0. The van der Waals surface area contributed by atoms with Crippen molar-refractivity contribution in [2.45, 2.75) is 13.5 Å². The number of aryl methyl sites for hydroxylation is 1. The zero-order valence-electron chi connectivity index (χ0n) is 15.3. The van der Waals surface area contributed by atoms with Crippen LogP contribution in [0, 0.1) is 12.7 Å². The molecule has 0 unspecified atom stereocenters. The molecule has 0 heterocycles. The Morgan fingerprint density at radius 2 is 1.82 bits per heavy atom. The topological polar surface area (TPSA) is 50.4 Å². The number of hydrogen-bond donors (Lipinski definition) is 2. The SMILES string of the molecule is Cc1cccc(NC(=O)COc2ccc(CNc3ccc(F)cc3)cc2Cl)c1. The molecule has 6 heteroatoms. The van der Waals surface area contributed by atoms with Crippen LogP contribution in [0.2, 0.25) is 5.02 Å². The van der Waals surface area contributed by atoms with E-state index in [0.29, 0.717) is 17.3 Å². The second kappa shape index (κ2) is 9.24. The van der Waals surface area contributed by atoms with Crippen molar-refractivity contribution < 1.29 is 13.9 Å². The summed E-state index contributed by atoms with van der Waals surface area (Å²) in [4.78, 5) is 12.0. The minimum absolute atomic E-state index is 0.138. The Kier molecular flexibility index (Phi) is 6.50. The molecule has 0 aliphatic rings. The average Bonchev–Trinajstić information content (AvgIpc) is 2.67. The molecule has 0 fully saturated rings. The minimum Gasteiger partial charge on any atom is -0.482 e. The maximum absolute atomic E-state index is 12.9. The van der Waals surface area contributed by atoms with E-state index >= 15 is 0 Å². The lowest BCUT2D eigenvalue weighted by Gasteiger charge is -2.11. The third kappa shape index (κ3) is 5.72. The standard InChI is InChI=1S/C22H20ClFN2O2/c1-15-3-2-4-19(11-15)26-22(27)14-28-21-10-5-16(12-20(21)23)13-25-18-8-6-17(24)7-9-18/h2-12,25H,13-14H2,1H3,(H,26,27). The number of nitrogens with one attached hydrogen (secondary N) is 2. The van der Waals surface area contributed by atoms with E-state index in [1.54, 1.807) is 24.3 Å². The number of benzene rings is 3. The third-order valence-electron chi connectivity index (χ3n) is 4.00. The molecule has 28 heavy (non-hydrogen) atoms. The van der Waals surface area contributed by atoms with E-state index < -0.39 is 0 Å². The Balaban J connectivity index is 1.52. The van der Waals surface area contributed by atoms with E-state index in [2.05, 4.69) is 10.6 Å². The van der Waals surface area contributed by atoms with Crippen LogP contribution < -0.4 is 15.4 Å². The highest BCUT2D eigenvalue weighted by atomic mass is 35.5. The minimum atomic E-state index is -0.276. The number of hydrogen-bond acceptors (Lipinski definition) is 3. The Morgan fingerprint density at radius 1 is 1.04 bits per heavy atom. The zero-order chi connectivity index (χ0) is 19.9. The van der Waals surface area contributed by atoms with Crippen LogP contribution >= 0.6 is 11.6 Å². The van der Waals surface area contributed by atoms with Gasteiger partial charge in [0.05, 0.1) is 5.02 Å². The molecule has 0 saturated heterocycles. The molecule has 0 aliphatic carbocycles. The molecular formula is C22H20ClFN2O2. The predicted octanol–water partition coefficient (Wildman–Crippen LogP) is 5.42. The summed E-state index contributed by atoms with van der Waals surface area (Å²) in [5.41, 5.74) is 3.53. The summed E-state index contributed by atoms with van der Waals surface area (Å²) in [6.45, 7) is 2.35. The molecule has 3 aromatic rings. The van der Waals surface area contributed by atoms with Crippen LogP contribution in [-0.4, -0.2) is 12.5 Å². The fourth-order valence-corrected chi connectivity index (χ4v) is 2.86. The Bertz CT molecular complexity index is 961. The first kappa shape index (κ1) is 19.7. The van der Waals surface area contributed by atoms with Gasteiger partial charge in [-0.3, -0.25) is 4.79 Å². The van der Waals surface area contributed by atoms with Crippen LogP contribution in [0.15, 0.2) is 66.7 Å². The maximum atomic E-state index is 12.9. The van der Waals surface area contributed by atoms with Gasteiger partial charge in [0.15, 0.2) is 6.61 Å². The molecule has 0 saturated carbocycles. The number of anilines is 2. The van der Waals surface area contributed by atoms with Crippen LogP contribution in [0.25, 0.3) is 0 Å². The normalized spacial score (nSPS) is 10.4. The van der Waals surface area contributed by atoms with Crippen molar-refractivity contribution in [3.8, 4) is 5.75 Å². The van der Waals surface area contributed by atoms with Gasteiger partial charge in [-0.2, -0.15) is 0 Å². The van der Waals surface area contributed by atoms with Gasteiger partial charge in [0.1, 0.15) is 11.6 Å². The Morgan fingerprint density at radius 3 is 2.54 bits per heavy atom. The lowest BCUT2D eigenvalue weighted by atomic mass is 10.2. The highest BCUT2D eigenvalue weighted by molar-refractivity contribution is 6.32. The lowest BCUT2D eigenvalue weighted by molar-refractivity contribution is -0.118. The van der Waals surface area contributed by atoms with Crippen LogP contribution in [0.4, 0.5) is 15.8 Å². The number of carbonyl (C=O) groups excluding carboxylic acids is 1. The van der Waals surface area contributed by atoms with Crippen LogP contribution in [0.1, 0.15) is 11.1 Å². The van der Waals surface area contributed by atoms with Gasteiger partial charge < -0.3 is 15.4 Å². The molecule has 3 aromatic carbocycles. The molecular weight excluding hydrogens is 379 g/mol. The van der Waals surface area contributed by atoms with Gasteiger partial charge in [0.2, 0.25) is 0 Å². The smallest absolute Gasteiger partial charge is 0.262 e. The molecule has 0 aromatic heterocycles. The fraction of sp³-hybridized carbons (Fsp3) is 0.136. The molecule has 2 N–H and O–H groups in total. The molecule has 144 valence electrons. The summed E-state index contributed by atoms with van der Waals surface area (Å²) in [6, 6.07) is 19.0. The third-order valence-corrected chi connectivity index (χ3v) is 4.29. The summed E-state index contributed by atoms with van der Waals surface area (Å²) in [7, 11) is 0. The second-order valence-electron chi connectivity index (χ2n) is 6.33. The van der Waals surface area contributed by atoms with E-state index in [-0.39, 0.29) is 18.3 Å². The first-order chi connectivity index (χ1) is 13.5. The van der Waals surface area contributed by atoms with Crippen LogP contribution in [0.5, 0.6) is 5.75 Å². The van der Waals surface area contributed by atoms with Crippen molar-refractivity contribution in [2.24, 2.45) is 0 Å². The largest absolute Gasteiger partial charge is 0.482 e. The molecule has 0 aliphatic heterocycles. The first-order valence-corrected chi connectivity index (χ1v) is 9.14. The first-order valence-electron chi connectivity index (χ1n) is 8.77. The average molecular weight is 399 g/mol. The van der Waals surface area contributed by atoms with Crippen molar-refractivity contribution in [3.05, 3.63) is 88.7 Å². The lowest BCUT2D eigenvalue weighted by Crippen LogP contribution is -2.20. The number of halogens is 2. The molecule has 3 rings (SSSR count). The van der Waals surface area contributed by atoms with Gasteiger partial charge in [0, 0.05) is 17.9 Å². The number of rotatable bonds is 7. The van der Waals surface area contributed by atoms with Crippen molar-refractivity contribution in [1.29, 1.82) is 0 Å². The number of carbonyl (C=O) groups is 1. The van der Waals surface area contributed by atoms with Crippen molar-refractivity contribution in [2.75, 3.05) is 17.2 Å². The maximum Gasteiger partial charge on any atom is 0.262 e. The Labute approximate surface area is 168 Å². The molecule has 0 atom stereocenters. The monoisotopic (exact) mass is 398 g/mol. The predicted molar refractivity (Wildman–Crippen MR) is 110 cm³/mol. The van der Waals surface area contributed by atoms with Crippen molar-refractivity contribution >= 4 is 28.9 Å². The Hall–Kier alpha value is -3.05. The molecule has 0 bridgehead atoms. The summed E-state index contributed by atoms with van der Waals surface area (Å²) in [5.74, 6) is -0.100. The molecule has 4 nitrogen and oxygen atoms in total. The van der Waals surface area contributed by atoms with E-state index in [1.807, 2.05) is 37.3 Å². The van der Waals surface area contributed by atoms with Gasteiger partial charge in [-0.15, -0.1) is 0 Å². The van der Waals surface area contributed by atoms with Gasteiger partial charge in [-0.25, -0.2) is 4.39 Å². The summed E-state index contributed by atoms with van der Waals surface area (Å²) in [5, 5.41) is 6.39. The van der Waals surface area contributed by atoms with E-state index in [1.165, 1.54) is 12.1 Å². The van der Waals surface area contributed by atoms with Crippen molar-refractivity contribution in [1.82, 2.24) is 0 Å². The van der Waals surface area contributed by atoms with Crippen molar-refractivity contribution in [3.63, 3.8) is 0 Å². The van der Waals surface area contributed by atoms with Gasteiger partial charge in [-0.1, -0.05) is 29.8 Å². The highest BCUT2D eigenvalue weighted by Crippen LogP contribution is 2.26. The van der Waals surface area contributed by atoms with E-state index in [9.17, 15) is 9.18 Å². The molecule has 0 radical (unpaired) electrons. The van der Waals surface area contributed by atoms with Gasteiger partial charge >= 0.3 is 0 Å². The fourth-order valence-electron chi connectivity index (χ4n) is 2.61. The zero-order valence-corrected chi connectivity index (χ0v) is 16.1. The number of amides is 1. The van der Waals surface area contributed by atoms with Crippen LogP contribution in [-0.2, 0) is 11.3 Å². The molecule has 1 amide bonds. The van der Waals surface area contributed by atoms with Gasteiger partial charge in [0.25, 0.3) is 5.91 Å². The summed E-state index contributed by atoms with van der Waals surface area (Å²) >= 11 is 6.26. The van der Waals surface area contributed by atoms with Gasteiger partial charge in [-0.05, 0) is 66.6 Å². The number of ether oxygens (including phenoxy) is 1. The van der Waals surface area contributed by atoms with E-state index in [4.69, 9.17) is 16.3 Å². The molecule has 0 spiro atoms. The highest BCUT2D eigenvalue weighted by Gasteiger charge is 2.08. The quantitative estimate of drug-likeness (QED) is 0.559. The van der Waals surface area contributed by atoms with Crippen LogP contribution in [0.3, 0.4) is 0 Å². The summed E-state index contributed by atoms with van der Waals surface area (Å²) < 4.78 is 18.5.